The molecule has 1 amide bonds. The highest BCUT2D eigenvalue weighted by Gasteiger charge is 2.22. The first-order chi connectivity index (χ1) is 9.74. The molecule has 120 valence electrons. The van der Waals surface area contributed by atoms with Crippen LogP contribution in [0.4, 0.5) is 0 Å². The largest absolute Gasteiger partial charge is 0.396 e. The molecule has 1 aromatic rings. The summed E-state index contributed by atoms with van der Waals surface area (Å²) in [4.78, 5) is 12.1. The average Bonchev–Trinajstić information content (AvgIpc) is 2.84. The van der Waals surface area contributed by atoms with Gasteiger partial charge in [-0.25, -0.2) is 0 Å². The molecule has 2 N–H and O–H groups in total. The lowest BCUT2D eigenvalue weighted by atomic mass is 9.93. The Morgan fingerprint density at radius 3 is 2.57 bits per heavy atom. The number of carbonyl (C=O) groups is 1. The predicted octanol–water partition coefficient (Wildman–Crippen LogP) is 2.75. The maximum atomic E-state index is 12.1. The number of carbonyl (C=O) groups excluding carboxylic acids is 1. The molecule has 0 fully saturated rings. The molecule has 0 spiro atoms. The Balaban J connectivity index is 2.57. The van der Waals surface area contributed by atoms with Crippen LogP contribution in [0, 0.1) is 11.8 Å². The molecular formula is C16H28N2O3. The van der Waals surface area contributed by atoms with Gasteiger partial charge in [-0.15, -0.1) is 0 Å². The Kier molecular flexibility index (Phi) is 6.40. The molecule has 0 saturated carbocycles. The van der Waals surface area contributed by atoms with E-state index in [-0.39, 0.29) is 23.8 Å². The maximum Gasteiger partial charge on any atom is 0.273 e. The molecule has 0 aliphatic carbocycles. The first kappa shape index (κ1) is 17.7. The summed E-state index contributed by atoms with van der Waals surface area (Å²) in [5, 5.41) is 15.8. The summed E-state index contributed by atoms with van der Waals surface area (Å²) in [7, 11) is 0. The van der Waals surface area contributed by atoms with Gasteiger partial charge in [-0.3, -0.25) is 4.79 Å². The molecule has 1 unspecified atom stereocenters. The van der Waals surface area contributed by atoms with Gasteiger partial charge in [0.2, 0.25) is 0 Å². The standard InChI is InChI=1S/C16H28N2O3/c1-11(2)8-12(6-7-19)10-17-15(20)13-9-14(21-18-13)16(3,4)5/h9,11-12,19H,6-8,10H2,1-5H3,(H,17,20). The summed E-state index contributed by atoms with van der Waals surface area (Å²) in [6.45, 7) is 11.0. The molecule has 1 atom stereocenters. The lowest BCUT2D eigenvalue weighted by Crippen LogP contribution is -2.30. The summed E-state index contributed by atoms with van der Waals surface area (Å²) in [6.07, 6.45) is 1.68. The van der Waals surface area contributed by atoms with E-state index < -0.39 is 0 Å². The summed E-state index contributed by atoms with van der Waals surface area (Å²) in [5.74, 6) is 1.30. The molecule has 5 nitrogen and oxygen atoms in total. The van der Waals surface area contributed by atoms with Crippen LogP contribution in [0.15, 0.2) is 10.6 Å². The van der Waals surface area contributed by atoms with Crippen molar-refractivity contribution in [1.82, 2.24) is 10.5 Å². The van der Waals surface area contributed by atoms with Crippen LogP contribution in [0.2, 0.25) is 0 Å². The van der Waals surface area contributed by atoms with Gasteiger partial charge in [0, 0.05) is 24.6 Å². The van der Waals surface area contributed by atoms with Crippen LogP contribution >= 0.6 is 0 Å². The van der Waals surface area contributed by atoms with Gasteiger partial charge in [0.1, 0.15) is 5.76 Å². The van der Waals surface area contributed by atoms with Gasteiger partial charge < -0.3 is 14.9 Å². The van der Waals surface area contributed by atoms with E-state index in [0.717, 1.165) is 6.42 Å². The van der Waals surface area contributed by atoms with Gasteiger partial charge in [-0.05, 0) is 24.7 Å². The number of aliphatic hydroxyl groups is 1. The van der Waals surface area contributed by atoms with E-state index in [2.05, 4.69) is 24.3 Å². The number of amides is 1. The molecule has 1 rings (SSSR count). The molecule has 21 heavy (non-hydrogen) atoms. The van der Waals surface area contributed by atoms with E-state index in [4.69, 9.17) is 9.63 Å². The quantitative estimate of drug-likeness (QED) is 0.811. The van der Waals surface area contributed by atoms with Crippen LogP contribution in [0.1, 0.15) is 63.7 Å². The second-order valence-electron chi connectivity index (χ2n) is 7.04. The topological polar surface area (TPSA) is 75.4 Å². The van der Waals surface area contributed by atoms with Crippen molar-refractivity contribution in [2.75, 3.05) is 13.2 Å². The zero-order valence-corrected chi connectivity index (χ0v) is 13.8. The number of nitrogens with zero attached hydrogens (tertiary/aromatic N) is 1. The number of aliphatic hydroxyl groups excluding tert-OH is 1. The minimum Gasteiger partial charge on any atom is -0.396 e. The zero-order chi connectivity index (χ0) is 16.0. The van der Waals surface area contributed by atoms with Crippen molar-refractivity contribution in [1.29, 1.82) is 0 Å². The van der Waals surface area contributed by atoms with Gasteiger partial charge in [0.25, 0.3) is 5.91 Å². The highest BCUT2D eigenvalue weighted by molar-refractivity contribution is 5.92. The Labute approximate surface area is 127 Å². The Hall–Kier alpha value is -1.36. The second-order valence-corrected chi connectivity index (χ2v) is 7.04. The number of rotatable bonds is 7. The van der Waals surface area contributed by atoms with Gasteiger partial charge >= 0.3 is 0 Å². The summed E-state index contributed by atoms with van der Waals surface area (Å²) in [6, 6.07) is 1.69. The highest BCUT2D eigenvalue weighted by atomic mass is 16.5. The lowest BCUT2D eigenvalue weighted by molar-refractivity contribution is 0.0932. The van der Waals surface area contributed by atoms with Gasteiger partial charge in [-0.2, -0.15) is 0 Å². The average molecular weight is 296 g/mol. The number of nitrogens with one attached hydrogen (secondary N) is 1. The molecule has 1 heterocycles. The SMILES string of the molecule is CC(C)CC(CCO)CNC(=O)c1cc(C(C)(C)C)on1. The lowest BCUT2D eigenvalue weighted by Gasteiger charge is -2.18. The summed E-state index contributed by atoms with van der Waals surface area (Å²) >= 11 is 0. The van der Waals surface area contributed by atoms with E-state index in [9.17, 15) is 4.79 Å². The van der Waals surface area contributed by atoms with Crippen molar-refractivity contribution in [2.45, 2.75) is 52.9 Å². The molecule has 0 aliphatic heterocycles. The van der Waals surface area contributed by atoms with E-state index in [1.54, 1.807) is 6.07 Å². The summed E-state index contributed by atoms with van der Waals surface area (Å²) in [5.41, 5.74) is 0.148. The minimum absolute atomic E-state index is 0.144. The fraction of sp³-hybridized carbons (Fsp3) is 0.750. The van der Waals surface area contributed by atoms with Crippen LogP contribution in [0.5, 0.6) is 0 Å². The Morgan fingerprint density at radius 2 is 2.10 bits per heavy atom. The van der Waals surface area contributed by atoms with Crippen molar-refractivity contribution in [3.63, 3.8) is 0 Å². The molecule has 5 heteroatoms. The van der Waals surface area contributed by atoms with Crippen molar-refractivity contribution in [3.05, 3.63) is 17.5 Å². The van der Waals surface area contributed by atoms with Crippen LogP contribution in [0.25, 0.3) is 0 Å². The molecular weight excluding hydrogens is 268 g/mol. The van der Waals surface area contributed by atoms with Gasteiger partial charge in [0.05, 0.1) is 0 Å². The van der Waals surface area contributed by atoms with Gasteiger partial charge in [-0.1, -0.05) is 39.8 Å². The van der Waals surface area contributed by atoms with Crippen molar-refractivity contribution in [3.8, 4) is 0 Å². The van der Waals surface area contributed by atoms with Crippen LogP contribution in [0.3, 0.4) is 0 Å². The second kappa shape index (κ2) is 7.59. The molecule has 0 radical (unpaired) electrons. The number of hydrogen-bond donors (Lipinski definition) is 2. The zero-order valence-electron chi connectivity index (χ0n) is 13.8. The number of hydrogen-bond acceptors (Lipinski definition) is 4. The predicted molar refractivity (Wildman–Crippen MR) is 82.2 cm³/mol. The molecule has 0 bridgehead atoms. The maximum absolute atomic E-state index is 12.1. The van der Waals surface area contributed by atoms with Crippen LogP contribution in [-0.2, 0) is 5.41 Å². The number of aromatic nitrogens is 1. The van der Waals surface area contributed by atoms with E-state index in [1.165, 1.54) is 0 Å². The van der Waals surface area contributed by atoms with Crippen molar-refractivity contribution >= 4 is 5.91 Å². The third-order valence-corrected chi connectivity index (χ3v) is 3.38. The van der Waals surface area contributed by atoms with Gasteiger partial charge in [0.15, 0.2) is 5.69 Å². The minimum atomic E-state index is -0.221. The molecule has 1 aromatic heterocycles. The first-order valence-corrected chi connectivity index (χ1v) is 7.60. The van der Waals surface area contributed by atoms with E-state index in [1.807, 2.05) is 20.8 Å². The third kappa shape index (κ3) is 5.87. The van der Waals surface area contributed by atoms with Crippen LogP contribution < -0.4 is 5.32 Å². The van der Waals surface area contributed by atoms with Crippen molar-refractivity contribution < 1.29 is 14.4 Å². The Bertz CT molecular complexity index is 447. The molecule has 0 aliphatic rings. The van der Waals surface area contributed by atoms with Crippen LogP contribution in [-0.4, -0.2) is 29.3 Å². The fourth-order valence-corrected chi connectivity index (χ4v) is 2.22. The molecule has 0 aromatic carbocycles. The summed E-state index contributed by atoms with van der Waals surface area (Å²) < 4.78 is 5.22. The fourth-order valence-electron chi connectivity index (χ4n) is 2.22. The highest BCUT2D eigenvalue weighted by Crippen LogP contribution is 2.22. The first-order valence-electron chi connectivity index (χ1n) is 7.60. The van der Waals surface area contributed by atoms with Crippen molar-refractivity contribution in [2.24, 2.45) is 11.8 Å². The monoisotopic (exact) mass is 296 g/mol. The Morgan fingerprint density at radius 1 is 1.43 bits per heavy atom. The van der Waals surface area contributed by atoms with E-state index in [0.29, 0.717) is 30.3 Å². The normalized spacial score (nSPS) is 13.5. The molecule has 0 saturated heterocycles. The third-order valence-electron chi connectivity index (χ3n) is 3.38. The van der Waals surface area contributed by atoms with E-state index >= 15 is 0 Å². The smallest absolute Gasteiger partial charge is 0.273 e.